The van der Waals surface area contributed by atoms with E-state index in [0.29, 0.717) is 23.0 Å². The second-order valence-corrected chi connectivity index (χ2v) is 5.77. The number of benzene rings is 2. The summed E-state index contributed by atoms with van der Waals surface area (Å²) in [5.74, 6) is 1.44. The number of ether oxygens (including phenoxy) is 1. The summed E-state index contributed by atoms with van der Waals surface area (Å²) in [6.07, 6.45) is 0. The van der Waals surface area contributed by atoms with Crippen molar-refractivity contribution in [1.29, 1.82) is 0 Å². The fourth-order valence-electron chi connectivity index (χ4n) is 2.45. The van der Waals surface area contributed by atoms with Gasteiger partial charge in [0, 0.05) is 5.69 Å². The molecule has 3 rings (SSSR count). The zero-order valence-electron chi connectivity index (χ0n) is 14.8. The van der Waals surface area contributed by atoms with Crippen molar-refractivity contribution in [2.75, 3.05) is 12.4 Å². The van der Waals surface area contributed by atoms with E-state index >= 15 is 0 Å². The Balaban J connectivity index is 1.76. The van der Waals surface area contributed by atoms with Gasteiger partial charge in [-0.1, -0.05) is 17.3 Å². The van der Waals surface area contributed by atoms with Crippen molar-refractivity contribution in [3.8, 4) is 5.75 Å². The largest absolute Gasteiger partial charge is 0.497 e. The third kappa shape index (κ3) is 4.00. The van der Waals surface area contributed by atoms with Gasteiger partial charge in [-0.3, -0.25) is 4.79 Å². The molecule has 1 aromatic heterocycles. The van der Waals surface area contributed by atoms with E-state index in [1.54, 1.807) is 27.0 Å². The molecule has 1 heterocycles. The van der Waals surface area contributed by atoms with Gasteiger partial charge in [0.1, 0.15) is 11.8 Å². The highest BCUT2D eigenvalue weighted by atomic mass is 16.5. The summed E-state index contributed by atoms with van der Waals surface area (Å²) < 4.78 is 10.3. The Kier molecular flexibility index (Phi) is 5.17. The zero-order valence-corrected chi connectivity index (χ0v) is 14.8. The van der Waals surface area contributed by atoms with Crippen LogP contribution in [-0.4, -0.2) is 23.2 Å². The van der Waals surface area contributed by atoms with Gasteiger partial charge >= 0.3 is 0 Å². The number of hydrogen-bond acceptors (Lipinski definition) is 6. The molecule has 2 aromatic carbocycles. The molecule has 0 radical (unpaired) electrons. The quantitative estimate of drug-likeness (QED) is 0.704. The molecule has 1 amide bonds. The first kappa shape index (κ1) is 17.5. The summed E-state index contributed by atoms with van der Waals surface area (Å²) in [7, 11) is 1.62. The second-order valence-electron chi connectivity index (χ2n) is 5.77. The maximum Gasteiger partial charge on any atom is 0.254 e. The Morgan fingerprint density at radius 1 is 1.15 bits per heavy atom. The molecule has 3 aromatic rings. The number of carbonyl (C=O) groups is 1. The summed E-state index contributed by atoms with van der Waals surface area (Å²) in [6, 6.07) is 14.4. The standard InChI is InChI=1S/C19H20N4O3/c1-12(19-21-13(2)23-26-19)20-18(24)16-6-4-5-7-17(16)22-14-8-10-15(25-3)11-9-14/h4-12,22H,1-3H3,(H,20,24). The second kappa shape index (κ2) is 7.69. The number of nitrogens with one attached hydrogen (secondary N) is 2. The lowest BCUT2D eigenvalue weighted by molar-refractivity contribution is 0.0933. The fourth-order valence-corrected chi connectivity index (χ4v) is 2.45. The summed E-state index contributed by atoms with van der Waals surface area (Å²) >= 11 is 0. The molecule has 0 aliphatic rings. The normalized spacial score (nSPS) is 11.7. The van der Waals surface area contributed by atoms with E-state index in [2.05, 4.69) is 20.8 Å². The van der Waals surface area contributed by atoms with E-state index < -0.39 is 6.04 Å². The molecule has 26 heavy (non-hydrogen) atoms. The highest BCUT2D eigenvalue weighted by Gasteiger charge is 2.18. The van der Waals surface area contributed by atoms with Crippen molar-refractivity contribution in [3.05, 3.63) is 65.8 Å². The minimum absolute atomic E-state index is 0.232. The third-order valence-electron chi connectivity index (χ3n) is 3.80. The average Bonchev–Trinajstić information content (AvgIpc) is 3.09. The number of methoxy groups -OCH3 is 1. The molecule has 0 saturated carbocycles. The number of amides is 1. The van der Waals surface area contributed by atoms with Crippen LogP contribution in [-0.2, 0) is 0 Å². The number of rotatable bonds is 6. The van der Waals surface area contributed by atoms with Crippen LogP contribution < -0.4 is 15.4 Å². The minimum Gasteiger partial charge on any atom is -0.497 e. The smallest absolute Gasteiger partial charge is 0.254 e. The number of aryl methyl sites for hydroxylation is 1. The first-order valence-corrected chi connectivity index (χ1v) is 8.18. The van der Waals surface area contributed by atoms with Gasteiger partial charge in [0.2, 0.25) is 5.89 Å². The monoisotopic (exact) mass is 352 g/mol. The van der Waals surface area contributed by atoms with Crippen molar-refractivity contribution in [2.24, 2.45) is 0 Å². The van der Waals surface area contributed by atoms with Crippen LogP contribution in [0.4, 0.5) is 11.4 Å². The third-order valence-corrected chi connectivity index (χ3v) is 3.80. The maximum atomic E-state index is 12.7. The first-order chi connectivity index (χ1) is 12.6. The predicted octanol–water partition coefficient (Wildman–Crippen LogP) is 3.62. The number of anilines is 2. The van der Waals surface area contributed by atoms with Crippen LogP contribution in [0.3, 0.4) is 0 Å². The van der Waals surface area contributed by atoms with Crippen LogP contribution in [0.25, 0.3) is 0 Å². The molecule has 134 valence electrons. The van der Waals surface area contributed by atoms with E-state index in [0.717, 1.165) is 11.4 Å². The molecule has 0 aliphatic carbocycles. The number of nitrogens with zero attached hydrogens (tertiary/aromatic N) is 2. The molecule has 1 atom stereocenters. The van der Waals surface area contributed by atoms with Crippen molar-refractivity contribution in [1.82, 2.24) is 15.5 Å². The first-order valence-electron chi connectivity index (χ1n) is 8.18. The molecular weight excluding hydrogens is 332 g/mol. The lowest BCUT2D eigenvalue weighted by Crippen LogP contribution is -2.27. The van der Waals surface area contributed by atoms with Crippen LogP contribution in [0.1, 0.15) is 35.0 Å². The molecule has 7 heteroatoms. The van der Waals surface area contributed by atoms with Gasteiger partial charge in [-0.05, 0) is 50.2 Å². The number of para-hydroxylation sites is 1. The number of hydrogen-bond donors (Lipinski definition) is 2. The van der Waals surface area contributed by atoms with Crippen LogP contribution >= 0.6 is 0 Å². The van der Waals surface area contributed by atoms with E-state index in [-0.39, 0.29) is 5.91 Å². The van der Waals surface area contributed by atoms with Crippen LogP contribution in [0, 0.1) is 6.92 Å². The molecule has 0 fully saturated rings. The van der Waals surface area contributed by atoms with Crippen molar-refractivity contribution < 1.29 is 14.1 Å². The minimum atomic E-state index is -0.391. The van der Waals surface area contributed by atoms with E-state index in [4.69, 9.17) is 9.26 Å². The molecule has 1 unspecified atom stereocenters. The van der Waals surface area contributed by atoms with Crippen molar-refractivity contribution in [3.63, 3.8) is 0 Å². The molecule has 0 saturated heterocycles. The van der Waals surface area contributed by atoms with E-state index in [1.807, 2.05) is 42.5 Å². The van der Waals surface area contributed by atoms with Gasteiger partial charge in [-0.15, -0.1) is 0 Å². The Labute approximate surface area is 151 Å². The summed E-state index contributed by atoms with van der Waals surface area (Å²) in [5, 5.41) is 9.87. The lowest BCUT2D eigenvalue weighted by Gasteiger charge is -2.14. The SMILES string of the molecule is COc1ccc(Nc2ccccc2C(=O)NC(C)c2nc(C)no2)cc1. The number of carbonyl (C=O) groups excluding carboxylic acids is 1. The maximum absolute atomic E-state index is 12.7. The van der Waals surface area contributed by atoms with Crippen LogP contribution in [0.15, 0.2) is 53.1 Å². The van der Waals surface area contributed by atoms with Gasteiger partial charge in [0.05, 0.1) is 18.4 Å². The molecule has 2 N–H and O–H groups in total. The lowest BCUT2D eigenvalue weighted by atomic mass is 10.1. The fraction of sp³-hybridized carbons (Fsp3) is 0.211. The molecular formula is C19H20N4O3. The van der Waals surface area contributed by atoms with Gasteiger partial charge in [0.25, 0.3) is 5.91 Å². The van der Waals surface area contributed by atoms with Gasteiger partial charge in [-0.25, -0.2) is 0 Å². The highest BCUT2D eigenvalue weighted by Crippen LogP contribution is 2.23. The van der Waals surface area contributed by atoms with Crippen molar-refractivity contribution in [2.45, 2.75) is 19.9 Å². The summed E-state index contributed by atoms with van der Waals surface area (Å²) in [5.41, 5.74) is 2.07. The van der Waals surface area contributed by atoms with Gasteiger partial charge < -0.3 is 19.9 Å². The van der Waals surface area contributed by atoms with Gasteiger partial charge in [0.15, 0.2) is 5.82 Å². The molecule has 7 nitrogen and oxygen atoms in total. The average molecular weight is 352 g/mol. The number of aromatic nitrogens is 2. The zero-order chi connectivity index (χ0) is 18.5. The topological polar surface area (TPSA) is 89.3 Å². The molecule has 0 aliphatic heterocycles. The van der Waals surface area contributed by atoms with E-state index in [9.17, 15) is 4.79 Å². The van der Waals surface area contributed by atoms with E-state index in [1.165, 1.54) is 0 Å². The van der Waals surface area contributed by atoms with Crippen LogP contribution in [0.5, 0.6) is 5.75 Å². The summed E-state index contributed by atoms with van der Waals surface area (Å²) in [6.45, 7) is 3.53. The Morgan fingerprint density at radius 3 is 2.54 bits per heavy atom. The Bertz CT molecular complexity index is 890. The molecule has 0 spiro atoms. The van der Waals surface area contributed by atoms with Crippen LogP contribution in [0.2, 0.25) is 0 Å². The summed E-state index contributed by atoms with van der Waals surface area (Å²) in [4.78, 5) is 16.8. The Hall–Kier alpha value is -3.35. The highest BCUT2D eigenvalue weighted by molar-refractivity contribution is 6.00. The Morgan fingerprint density at radius 2 is 1.88 bits per heavy atom. The predicted molar refractivity (Wildman–Crippen MR) is 97.6 cm³/mol. The van der Waals surface area contributed by atoms with Gasteiger partial charge in [-0.2, -0.15) is 4.98 Å². The van der Waals surface area contributed by atoms with Crippen molar-refractivity contribution >= 4 is 17.3 Å². The molecule has 0 bridgehead atoms.